The number of aryl methyl sites for hydroxylation is 1. The molecule has 0 aromatic carbocycles. The summed E-state index contributed by atoms with van der Waals surface area (Å²) in [5.74, 6) is 0.711. The van der Waals surface area contributed by atoms with E-state index >= 15 is 0 Å². The van der Waals surface area contributed by atoms with Crippen LogP contribution in [-0.4, -0.2) is 43.8 Å². The van der Waals surface area contributed by atoms with Gasteiger partial charge in [-0.15, -0.1) is 0 Å². The van der Waals surface area contributed by atoms with E-state index in [-0.39, 0.29) is 17.7 Å². The lowest BCUT2D eigenvalue weighted by atomic mass is 10.2. The van der Waals surface area contributed by atoms with Crippen LogP contribution in [0.3, 0.4) is 0 Å². The fourth-order valence-electron chi connectivity index (χ4n) is 2.09. The smallest absolute Gasteiger partial charge is 0.223 e. The largest absolute Gasteiger partial charge is 0.469 e. The molecule has 0 spiro atoms. The second-order valence-electron chi connectivity index (χ2n) is 4.70. The molecule has 1 rings (SSSR count). The SMILES string of the molecule is CCN(C(=O)CCc1ccco1)C(C)CS(C)(=O)=O. The first kappa shape index (κ1) is 15.8. The first-order chi connectivity index (χ1) is 8.83. The van der Waals surface area contributed by atoms with Crippen LogP contribution in [-0.2, 0) is 21.1 Å². The number of hydrogen-bond donors (Lipinski definition) is 0. The predicted octanol–water partition coefficient (Wildman–Crippen LogP) is 1.49. The molecule has 0 saturated carbocycles. The van der Waals surface area contributed by atoms with Crippen molar-refractivity contribution < 1.29 is 17.6 Å². The number of sulfone groups is 1. The summed E-state index contributed by atoms with van der Waals surface area (Å²) in [5.41, 5.74) is 0. The highest BCUT2D eigenvalue weighted by Gasteiger charge is 2.21. The van der Waals surface area contributed by atoms with Crippen LogP contribution in [0.5, 0.6) is 0 Å². The highest BCUT2D eigenvalue weighted by Crippen LogP contribution is 2.09. The van der Waals surface area contributed by atoms with E-state index in [9.17, 15) is 13.2 Å². The first-order valence-electron chi connectivity index (χ1n) is 6.33. The number of carbonyl (C=O) groups excluding carboxylic acids is 1. The lowest BCUT2D eigenvalue weighted by Gasteiger charge is -2.27. The zero-order chi connectivity index (χ0) is 14.5. The topological polar surface area (TPSA) is 67.6 Å². The normalized spacial score (nSPS) is 13.2. The molecule has 1 unspecified atom stereocenters. The molecule has 1 aromatic heterocycles. The van der Waals surface area contributed by atoms with Gasteiger partial charge in [0.1, 0.15) is 15.6 Å². The van der Waals surface area contributed by atoms with E-state index in [1.165, 1.54) is 6.26 Å². The summed E-state index contributed by atoms with van der Waals surface area (Å²) in [5, 5.41) is 0. The van der Waals surface area contributed by atoms with E-state index in [4.69, 9.17) is 4.42 Å². The first-order valence-corrected chi connectivity index (χ1v) is 8.39. The molecule has 1 amide bonds. The minimum absolute atomic E-state index is 0.00662. The Balaban J connectivity index is 2.56. The van der Waals surface area contributed by atoms with E-state index in [0.717, 1.165) is 5.76 Å². The van der Waals surface area contributed by atoms with E-state index in [0.29, 0.717) is 19.4 Å². The molecule has 0 fully saturated rings. The second kappa shape index (κ2) is 6.75. The number of furan rings is 1. The molecule has 1 atom stereocenters. The van der Waals surface area contributed by atoms with Gasteiger partial charge in [-0.05, 0) is 26.0 Å². The van der Waals surface area contributed by atoms with Crippen LogP contribution in [0, 0.1) is 0 Å². The highest BCUT2D eigenvalue weighted by molar-refractivity contribution is 7.90. The van der Waals surface area contributed by atoms with Crippen LogP contribution >= 0.6 is 0 Å². The third-order valence-electron chi connectivity index (χ3n) is 2.90. The molecule has 1 heterocycles. The van der Waals surface area contributed by atoms with Gasteiger partial charge in [-0.25, -0.2) is 8.42 Å². The lowest BCUT2D eigenvalue weighted by Crippen LogP contribution is -2.42. The third kappa shape index (κ3) is 5.46. The molecular formula is C13H21NO4S. The van der Waals surface area contributed by atoms with Crippen molar-refractivity contribution in [1.29, 1.82) is 0 Å². The van der Waals surface area contributed by atoms with Crippen LogP contribution in [0.4, 0.5) is 0 Å². The molecule has 19 heavy (non-hydrogen) atoms. The second-order valence-corrected chi connectivity index (χ2v) is 6.89. The standard InChI is InChI=1S/C13H21NO4S/c1-4-14(11(2)10-19(3,16)17)13(15)8-7-12-6-5-9-18-12/h5-6,9,11H,4,7-8,10H2,1-3H3. The fourth-order valence-corrected chi connectivity index (χ4v) is 3.15. The van der Waals surface area contributed by atoms with Crippen molar-refractivity contribution in [2.45, 2.75) is 32.7 Å². The van der Waals surface area contributed by atoms with E-state index in [2.05, 4.69) is 0 Å². The van der Waals surface area contributed by atoms with Crippen LogP contribution < -0.4 is 0 Å². The summed E-state index contributed by atoms with van der Waals surface area (Å²) >= 11 is 0. The van der Waals surface area contributed by atoms with Gasteiger partial charge in [0.2, 0.25) is 5.91 Å². The molecule has 6 heteroatoms. The van der Waals surface area contributed by atoms with Gasteiger partial charge in [0.05, 0.1) is 12.0 Å². The molecule has 0 aliphatic carbocycles. The Morgan fingerprint density at radius 1 is 1.47 bits per heavy atom. The van der Waals surface area contributed by atoms with E-state index < -0.39 is 9.84 Å². The quantitative estimate of drug-likeness (QED) is 0.762. The average molecular weight is 287 g/mol. The Morgan fingerprint density at radius 2 is 2.16 bits per heavy atom. The van der Waals surface area contributed by atoms with Crippen molar-refractivity contribution in [3.63, 3.8) is 0 Å². The van der Waals surface area contributed by atoms with Crippen molar-refractivity contribution in [2.24, 2.45) is 0 Å². The number of nitrogens with zero attached hydrogens (tertiary/aromatic N) is 1. The maximum absolute atomic E-state index is 12.1. The summed E-state index contributed by atoms with van der Waals surface area (Å²) in [6.45, 7) is 4.12. The number of rotatable bonds is 7. The summed E-state index contributed by atoms with van der Waals surface area (Å²) in [7, 11) is -3.08. The zero-order valence-electron chi connectivity index (χ0n) is 11.6. The molecule has 0 aliphatic heterocycles. The van der Waals surface area contributed by atoms with Gasteiger partial charge in [0, 0.05) is 31.7 Å². The molecular weight excluding hydrogens is 266 g/mol. The lowest BCUT2D eigenvalue weighted by molar-refractivity contribution is -0.132. The Morgan fingerprint density at radius 3 is 2.63 bits per heavy atom. The van der Waals surface area contributed by atoms with Gasteiger partial charge >= 0.3 is 0 Å². The number of carbonyl (C=O) groups is 1. The Bertz CT molecular complexity index is 493. The monoisotopic (exact) mass is 287 g/mol. The summed E-state index contributed by atoms with van der Waals surface area (Å²) < 4.78 is 27.7. The maximum atomic E-state index is 12.1. The summed E-state index contributed by atoms with van der Waals surface area (Å²) in [4.78, 5) is 13.7. The van der Waals surface area contributed by atoms with Gasteiger partial charge in [0.25, 0.3) is 0 Å². The van der Waals surface area contributed by atoms with E-state index in [1.807, 2.05) is 13.0 Å². The van der Waals surface area contributed by atoms with Gasteiger partial charge in [0.15, 0.2) is 0 Å². The van der Waals surface area contributed by atoms with Crippen molar-refractivity contribution in [2.75, 3.05) is 18.6 Å². The van der Waals surface area contributed by atoms with Gasteiger partial charge < -0.3 is 9.32 Å². The molecule has 0 aliphatic rings. The molecule has 5 nitrogen and oxygen atoms in total. The Hall–Kier alpha value is -1.30. The predicted molar refractivity (Wildman–Crippen MR) is 73.6 cm³/mol. The minimum atomic E-state index is -3.08. The number of amides is 1. The van der Waals surface area contributed by atoms with Gasteiger partial charge in [-0.1, -0.05) is 0 Å². The van der Waals surface area contributed by atoms with Gasteiger partial charge in [-0.2, -0.15) is 0 Å². The van der Waals surface area contributed by atoms with Crippen molar-refractivity contribution in [3.05, 3.63) is 24.2 Å². The van der Waals surface area contributed by atoms with Gasteiger partial charge in [-0.3, -0.25) is 4.79 Å². The third-order valence-corrected chi connectivity index (χ3v) is 3.99. The fraction of sp³-hybridized carbons (Fsp3) is 0.615. The molecule has 0 N–H and O–H groups in total. The summed E-state index contributed by atoms with van der Waals surface area (Å²) in [6, 6.07) is 3.30. The number of hydrogen-bond acceptors (Lipinski definition) is 4. The van der Waals surface area contributed by atoms with Crippen molar-refractivity contribution in [1.82, 2.24) is 4.90 Å². The Kier molecular flexibility index (Phi) is 5.60. The maximum Gasteiger partial charge on any atom is 0.223 e. The highest BCUT2D eigenvalue weighted by atomic mass is 32.2. The average Bonchev–Trinajstić information content (AvgIpc) is 2.77. The molecule has 0 bridgehead atoms. The van der Waals surface area contributed by atoms with Crippen LogP contribution in [0.15, 0.2) is 22.8 Å². The minimum Gasteiger partial charge on any atom is -0.469 e. The van der Waals surface area contributed by atoms with Crippen molar-refractivity contribution in [3.8, 4) is 0 Å². The van der Waals surface area contributed by atoms with E-state index in [1.54, 1.807) is 24.2 Å². The van der Waals surface area contributed by atoms with Crippen LogP contribution in [0.1, 0.15) is 26.0 Å². The summed E-state index contributed by atoms with van der Waals surface area (Å²) in [6.07, 6.45) is 3.62. The van der Waals surface area contributed by atoms with Crippen LogP contribution in [0.2, 0.25) is 0 Å². The molecule has 0 saturated heterocycles. The molecule has 0 radical (unpaired) electrons. The molecule has 108 valence electrons. The molecule has 1 aromatic rings. The zero-order valence-corrected chi connectivity index (χ0v) is 12.4. The Labute approximate surface area is 114 Å². The van der Waals surface area contributed by atoms with Crippen LogP contribution in [0.25, 0.3) is 0 Å². The van der Waals surface area contributed by atoms with Crippen molar-refractivity contribution >= 4 is 15.7 Å².